The monoisotopic (exact) mass is 288 g/mol. The average Bonchev–Trinajstić information content (AvgIpc) is 2.50. The van der Waals surface area contributed by atoms with E-state index in [0.717, 1.165) is 17.2 Å². The van der Waals surface area contributed by atoms with E-state index in [2.05, 4.69) is 15.3 Å². The molecule has 0 radical (unpaired) electrons. The molecule has 21 heavy (non-hydrogen) atoms. The fourth-order valence-corrected chi connectivity index (χ4v) is 1.80. The van der Waals surface area contributed by atoms with E-state index in [0.29, 0.717) is 12.2 Å². The third-order valence-corrected chi connectivity index (χ3v) is 2.89. The van der Waals surface area contributed by atoms with Crippen molar-refractivity contribution in [3.63, 3.8) is 0 Å². The molecule has 0 aromatic carbocycles. The van der Waals surface area contributed by atoms with Crippen LogP contribution in [0, 0.1) is 0 Å². The maximum atomic E-state index is 12.3. The van der Waals surface area contributed by atoms with Crippen molar-refractivity contribution in [1.82, 2.24) is 19.9 Å². The molecule has 0 spiro atoms. The molecule has 110 valence electrons. The Kier molecular flexibility index (Phi) is 4.65. The minimum absolute atomic E-state index is 0.0178. The van der Waals surface area contributed by atoms with Gasteiger partial charge in [0.25, 0.3) is 11.5 Å². The number of nitrogens with one attached hydrogen (secondary N) is 2. The Morgan fingerprint density at radius 3 is 2.86 bits per heavy atom. The minimum Gasteiger partial charge on any atom is -0.352 e. The number of pyridine rings is 1. The summed E-state index contributed by atoms with van der Waals surface area (Å²) in [4.78, 5) is 42.4. The molecule has 0 aliphatic rings. The van der Waals surface area contributed by atoms with E-state index in [1.165, 1.54) is 0 Å². The summed E-state index contributed by atoms with van der Waals surface area (Å²) in [7, 11) is 0. The molecule has 7 heteroatoms. The first-order valence-electron chi connectivity index (χ1n) is 6.64. The first-order chi connectivity index (χ1) is 10.1. The second-order valence-electron chi connectivity index (χ2n) is 4.48. The molecule has 0 saturated heterocycles. The smallest absolute Gasteiger partial charge is 0.328 e. The van der Waals surface area contributed by atoms with Crippen LogP contribution in [0.4, 0.5) is 0 Å². The third-order valence-electron chi connectivity index (χ3n) is 2.89. The van der Waals surface area contributed by atoms with Gasteiger partial charge in [0, 0.05) is 18.9 Å². The molecular formula is C14H16N4O3. The molecule has 0 fully saturated rings. The van der Waals surface area contributed by atoms with Crippen LogP contribution in [0.15, 0.2) is 40.2 Å². The van der Waals surface area contributed by atoms with Gasteiger partial charge in [-0.25, -0.2) is 4.79 Å². The van der Waals surface area contributed by atoms with E-state index >= 15 is 0 Å². The number of aromatic amines is 1. The number of hydrogen-bond donors (Lipinski definition) is 2. The molecule has 0 bridgehead atoms. The van der Waals surface area contributed by atoms with Crippen molar-refractivity contribution in [2.45, 2.75) is 19.9 Å². The zero-order valence-electron chi connectivity index (χ0n) is 11.6. The lowest BCUT2D eigenvalue weighted by Crippen LogP contribution is -2.41. The number of hydrogen-bond acceptors (Lipinski definition) is 4. The largest absolute Gasteiger partial charge is 0.352 e. The van der Waals surface area contributed by atoms with Gasteiger partial charge in [0.05, 0.1) is 12.2 Å². The number of H-pyrrole nitrogens is 1. The van der Waals surface area contributed by atoms with E-state index in [-0.39, 0.29) is 12.1 Å². The van der Waals surface area contributed by atoms with Crippen LogP contribution < -0.4 is 16.6 Å². The van der Waals surface area contributed by atoms with E-state index in [9.17, 15) is 14.4 Å². The summed E-state index contributed by atoms with van der Waals surface area (Å²) in [5.74, 6) is -0.493. The van der Waals surface area contributed by atoms with Gasteiger partial charge in [-0.1, -0.05) is 13.0 Å². The second-order valence-corrected chi connectivity index (χ2v) is 4.48. The maximum Gasteiger partial charge on any atom is 0.328 e. The number of carbonyl (C=O) groups is 1. The molecule has 7 nitrogen and oxygen atoms in total. The Bertz CT molecular complexity index is 734. The highest BCUT2D eigenvalue weighted by Gasteiger charge is 2.14. The fourth-order valence-electron chi connectivity index (χ4n) is 1.80. The Morgan fingerprint density at radius 1 is 1.38 bits per heavy atom. The maximum absolute atomic E-state index is 12.3. The highest BCUT2D eigenvalue weighted by molar-refractivity contribution is 5.93. The molecule has 0 aliphatic heterocycles. The van der Waals surface area contributed by atoms with Crippen LogP contribution >= 0.6 is 0 Å². The van der Waals surface area contributed by atoms with Crippen LogP contribution in [0.25, 0.3) is 0 Å². The summed E-state index contributed by atoms with van der Waals surface area (Å²) in [6.45, 7) is 2.40. The van der Waals surface area contributed by atoms with Crippen LogP contribution in [0.5, 0.6) is 0 Å². The van der Waals surface area contributed by atoms with Gasteiger partial charge in [-0.15, -0.1) is 0 Å². The third kappa shape index (κ3) is 3.44. The van der Waals surface area contributed by atoms with Crippen molar-refractivity contribution in [1.29, 1.82) is 0 Å². The first kappa shape index (κ1) is 14.7. The van der Waals surface area contributed by atoms with Crippen LogP contribution in [0.1, 0.15) is 29.4 Å². The number of amides is 1. The van der Waals surface area contributed by atoms with Gasteiger partial charge in [0.1, 0.15) is 5.56 Å². The van der Waals surface area contributed by atoms with Gasteiger partial charge in [0.15, 0.2) is 0 Å². The molecule has 2 rings (SSSR count). The molecule has 2 N–H and O–H groups in total. The Labute approximate surface area is 120 Å². The normalized spacial score (nSPS) is 10.3. The first-order valence-corrected chi connectivity index (χ1v) is 6.64. The molecular weight excluding hydrogens is 272 g/mol. The van der Waals surface area contributed by atoms with Gasteiger partial charge in [-0.3, -0.25) is 19.1 Å². The predicted molar refractivity (Wildman–Crippen MR) is 77.3 cm³/mol. The van der Waals surface area contributed by atoms with Gasteiger partial charge in [-0.05, 0) is 18.6 Å². The molecule has 0 unspecified atom stereocenters. The lowest BCUT2D eigenvalue weighted by atomic mass is 10.3. The fraction of sp³-hybridized carbons (Fsp3) is 0.286. The standard InChI is InChI=1S/C14H16N4O3/c1-2-6-16-12(19)11-8-17-14(21)18(13(11)20)9-10-5-3-4-7-15-10/h3-5,7-8H,2,6,9H2,1H3,(H,16,19)(H,17,21). The van der Waals surface area contributed by atoms with Gasteiger partial charge < -0.3 is 10.3 Å². The second kappa shape index (κ2) is 6.65. The van der Waals surface area contributed by atoms with E-state index in [1.54, 1.807) is 24.4 Å². The summed E-state index contributed by atoms with van der Waals surface area (Å²) in [6, 6.07) is 5.21. The summed E-state index contributed by atoms with van der Waals surface area (Å²) in [5, 5.41) is 2.61. The van der Waals surface area contributed by atoms with Gasteiger partial charge >= 0.3 is 5.69 Å². The van der Waals surface area contributed by atoms with Gasteiger partial charge in [0.2, 0.25) is 0 Å². The minimum atomic E-state index is -0.627. The lowest BCUT2D eigenvalue weighted by molar-refractivity contribution is 0.0951. The summed E-state index contributed by atoms with van der Waals surface area (Å²) < 4.78 is 0.962. The van der Waals surface area contributed by atoms with E-state index in [1.807, 2.05) is 6.92 Å². The summed E-state index contributed by atoms with van der Waals surface area (Å²) >= 11 is 0. The van der Waals surface area contributed by atoms with Crippen molar-refractivity contribution in [2.24, 2.45) is 0 Å². The lowest BCUT2D eigenvalue weighted by Gasteiger charge is -2.07. The molecule has 2 aromatic rings. The molecule has 0 aliphatic carbocycles. The quantitative estimate of drug-likeness (QED) is 0.816. The van der Waals surface area contributed by atoms with E-state index in [4.69, 9.17) is 0 Å². The highest BCUT2D eigenvalue weighted by atomic mass is 16.2. The molecule has 1 amide bonds. The Morgan fingerprint density at radius 2 is 2.19 bits per heavy atom. The van der Waals surface area contributed by atoms with Crippen molar-refractivity contribution < 1.29 is 4.79 Å². The number of aromatic nitrogens is 3. The number of carbonyl (C=O) groups excluding carboxylic acids is 1. The molecule has 2 heterocycles. The Balaban J connectivity index is 2.36. The SMILES string of the molecule is CCCNC(=O)c1c[nH]c(=O)n(Cc2ccccn2)c1=O. The van der Waals surface area contributed by atoms with Gasteiger partial charge in [-0.2, -0.15) is 0 Å². The van der Waals surface area contributed by atoms with E-state index < -0.39 is 17.2 Å². The van der Waals surface area contributed by atoms with Crippen molar-refractivity contribution >= 4 is 5.91 Å². The van der Waals surface area contributed by atoms with Crippen LogP contribution in [0.3, 0.4) is 0 Å². The molecule has 2 aromatic heterocycles. The van der Waals surface area contributed by atoms with Crippen molar-refractivity contribution in [2.75, 3.05) is 6.54 Å². The van der Waals surface area contributed by atoms with Crippen LogP contribution in [0.2, 0.25) is 0 Å². The van der Waals surface area contributed by atoms with Crippen molar-refractivity contribution in [3.8, 4) is 0 Å². The highest BCUT2D eigenvalue weighted by Crippen LogP contribution is 1.95. The van der Waals surface area contributed by atoms with Crippen LogP contribution in [-0.2, 0) is 6.54 Å². The zero-order chi connectivity index (χ0) is 15.2. The predicted octanol–water partition coefficient (Wildman–Crippen LogP) is 0.120. The zero-order valence-corrected chi connectivity index (χ0v) is 11.6. The number of nitrogens with zero attached hydrogens (tertiary/aromatic N) is 2. The summed E-state index contributed by atoms with van der Waals surface area (Å²) in [6.07, 6.45) is 3.48. The average molecular weight is 288 g/mol. The molecule has 0 atom stereocenters. The molecule has 0 saturated carbocycles. The summed E-state index contributed by atoms with van der Waals surface area (Å²) in [5.41, 5.74) is -0.717. The topological polar surface area (TPSA) is 96.8 Å². The van der Waals surface area contributed by atoms with Crippen molar-refractivity contribution in [3.05, 3.63) is 62.7 Å². The van der Waals surface area contributed by atoms with Crippen LogP contribution in [-0.4, -0.2) is 27.0 Å². The Hall–Kier alpha value is -2.70. The number of rotatable bonds is 5.